The molecule has 1 aromatic rings. The first-order valence-electron chi connectivity index (χ1n) is 23.4. The Labute approximate surface area is 351 Å². The van der Waals surface area contributed by atoms with Gasteiger partial charge < -0.3 is 40.4 Å². The maximum atomic E-state index is 14.4. The van der Waals surface area contributed by atoms with E-state index in [2.05, 4.69) is 37.9 Å². The Balaban J connectivity index is 1.22. The molecule has 7 aliphatic carbocycles. The fraction of sp³-hybridized carbons (Fsp3) is 0.760. The molecule has 6 fully saturated rings. The van der Waals surface area contributed by atoms with Crippen molar-refractivity contribution in [1.29, 1.82) is 0 Å². The minimum Gasteiger partial charge on any atom is -0.454 e. The molecular formula is C50H69NO8. The smallest absolute Gasteiger partial charge is 0.331 e. The van der Waals surface area contributed by atoms with Crippen LogP contribution in [0.4, 0.5) is 0 Å². The molecule has 59 heavy (non-hydrogen) atoms. The van der Waals surface area contributed by atoms with Crippen LogP contribution in [0.5, 0.6) is 0 Å². The third-order valence-corrected chi connectivity index (χ3v) is 18.8. The predicted molar refractivity (Wildman–Crippen MR) is 223 cm³/mol. The lowest BCUT2D eigenvalue weighted by Crippen LogP contribution is -2.81. The van der Waals surface area contributed by atoms with Gasteiger partial charge in [0.25, 0.3) is 0 Å². The summed E-state index contributed by atoms with van der Waals surface area (Å²) in [5.41, 5.74) is -3.46. The second-order valence-corrected chi connectivity index (χ2v) is 21.1. The van der Waals surface area contributed by atoms with Crippen molar-refractivity contribution in [2.24, 2.45) is 64.1 Å². The summed E-state index contributed by atoms with van der Waals surface area (Å²) in [6.07, 6.45) is 11.3. The average molecular weight is 812 g/mol. The zero-order chi connectivity index (χ0) is 41.7. The zero-order valence-electron chi connectivity index (χ0n) is 35.8. The number of carbonyl (C=O) groups is 2. The van der Waals surface area contributed by atoms with Crippen LogP contribution in [0, 0.1) is 75.9 Å². The van der Waals surface area contributed by atoms with Crippen molar-refractivity contribution < 1.29 is 39.9 Å². The van der Waals surface area contributed by atoms with E-state index in [0.29, 0.717) is 70.1 Å². The van der Waals surface area contributed by atoms with E-state index in [1.807, 2.05) is 25.2 Å². The van der Waals surface area contributed by atoms with Gasteiger partial charge in [0.05, 0.1) is 29.3 Å². The molecule has 9 nitrogen and oxygen atoms in total. The first-order chi connectivity index (χ1) is 28.3. The summed E-state index contributed by atoms with van der Waals surface area (Å²) in [5, 5.41) is 68.2. The molecule has 0 radical (unpaired) electrons. The number of aliphatic hydroxyl groups excluding tert-OH is 2. The second-order valence-electron chi connectivity index (χ2n) is 21.1. The molecule has 9 heteroatoms. The SMILES string of the molecule is CCCCC[C@H]1C[C@]2(C=O)[C@H]3CC[C@@]45CCC#Cc6cccc(CO)c6C[C@@H](NC)[C@@H]6C[C@@H](C[C@]4(O)[C@]3(O)C[C@H]3C[C@@H](C(C)C)CC[C@H]([C@H]1O)[C@@]32O)[C@@H]5C1=CC(=O)O[C@@H]16. The van der Waals surface area contributed by atoms with E-state index >= 15 is 0 Å². The van der Waals surface area contributed by atoms with Gasteiger partial charge in [0.1, 0.15) is 18.0 Å². The van der Waals surface area contributed by atoms with Gasteiger partial charge in [0.15, 0.2) is 0 Å². The summed E-state index contributed by atoms with van der Waals surface area (Å²) in [4.78, 5) is 27.8. The van der Waals surface area contributed by atoms with Crippen molar-refractivity contribution in [2.75, 3.05) is 7.05 Å². The Morgan fingerprint density at radius 1 is 1.05 bits per heavy atom. The minimum atomic E-state index is -1.71. The Bertz CT molecular complexity index is 1920. The summed E-state index contributed by atoms with van der Waals surface area (Å²) >= 11 is 0. The lowest BCUT2D eigenvalue weighted by atomic mass is 9.35. The fourth-order valence-electron chi connectivity index (χ4n) is 16.3. The summed E-state index contributed by atoms with van der Waals surface area (Å²) in [6.45, 7) is 6.48. The number of hydrogen-bond donors (Lipinski definition) is 6. The van der Waals surface area contributed by atoms with E-state index in [9.17, 15) is 35.1 Å². The van der Waals surface area contributed by atoms with E-state index in [1.54, 1.807) is 6.08 Å². The maximum absolute atomic E-state index is 14.4. The number of carbonyl (C=O) groups excluding carboxylic acids is 2. The number of rotatable bonds is 8. The number of hydrogen-bond acceptors (Lipinski definition) is 9. The van der Waals surface area contributed by atoms with Crippen molar-refractivity contribution in [3.63, 3.8) is 0 Å². The van der Waals surface area contributed by atoms with E-state index in [-0.39, 0.29) is 54.6 Å². The van der Waals surface area contributed by atoms with Crippen molar-refractivity contribution in [1.82, 2.24) is 5.32 Å². The number of likely N-dealkylation sites (N-methyl/N-ethyl adjacent to an activating group) is 1. The summed E-state index contributed by atoms with van der Waals surface area (Å²) in [5.74, 6) is 4.83. The number of ether oxygens (including phenoxy) is 1. The van der Waals surface area contributed by atoms with E-state index in [0.717, 1.165) is 60.7 Å². The molecule has 1 aromatic carbocycles. The molecule has 1 spiro atoms. The van der Waals surface area contributed by atoms with Crippen LogP contribution in [0.25, 0.3) is 0 Å². The van der Waals surface area contributed by atoms with Gasteiger partial charge in [-0.25, -0.2) is 4.79 Å². The lowest BCUT2D eigenvalue weighted by molar-refractivity contribution is -0.348. The molecule has 16 atom stereocenters. The average Bonchev–Trinajstić information content (AvgIpc) is 3.67. The monoisotopic (exact) mass is 812 g/mol. The number of aldehydes is 1. The molecule has 0 aromatic heterocycles. The minimum absolute atomic E-state index is 0.0739. The Hall–Kier alpha value is -2.58. The number of nitrogens with one attached hydrogen (secondary N) is 1. The number of esters is 1. The van der Waals surface area contributed by atoms with Gasteiger partial charge in [-0.2, -0.15) is 0 Å². The van der Waals surface area contributed by atoms with E-state index < -0.39 is 57.6 Å². The van der Waals surface area contributed by atoms with Crippen LogP contribution in [0.15, 0.2) is 29.8 Å². The van der Waals surface area contributed by atoms with E-state index in [1.165, 1.54) is 0 Å². The second kappa shape index (κ2) is 15.1. The Morgan fingerprint density at radius 3 is 2.59 bits per heavy atom. The van der Waals surface area contributed by atoms with Gasteiger partial charge in [-0.1, -0.05) is 64.0 Å². The number of benzene rings is 1. The predicted octanol–water partition coefficient (Wildman–Crippen LogP) is 5.79. The Kier molecular flexibility index (Phi) is 10.7. The molecule has 0 amide bonds. The van der Waals surface area contributed by atoms with Gasteiger partial charge in [0, 0.05) is 47.3 Å². The highest BCUT2D eigenvalue weighted by molar-refractivity contribution is 5.86. The van der Waals surface area contributed by atoms with Gasteiger partial charge in [-0.3, -0.25) is 0 Å². The third-order valence-electron chi connectivity index (χ3n) is 18.8. The molecule has 0 unspecified atom stereocenters. The standard InChI is InChI=1S/C50H69NO8/c1-5-6-7-12-32-24-47(28-53)41-17-19-46-18-9-8-11-30-13-10-14-33(27-52)36(30)22-40(51-4)37-21-34(43(46)38-23-42(54)59-45(37)38)25-49(46,57)48(41,56)26-35-20-31(29(2)3)15-16-39(44(32)55)50(35,47)58/h10,13-14,23,28-29,31-32,34-35,37,39-41,43-45,51-52,55-58H,5-7,9,12,15-22,24-27H2,1-4H3/t31-,32-,34-,35+,37-,39+,40+,41+,43+,44-,45+,46+,47-,48-,49+,50-/m0/s1. The highest BCUT2D eigenvalue weighted by Gasteiger charge is 2.83. The number of unbranched alkanes of at least 4 members (excludes halogenated alkanes) is 2. The molecule has 1 heterocycles. The van der Waals surface area contributed by atoms with E-state index in [4.69, 9.17) is 4.74 Å². The summed E-state index contributed by atoms with van der Waals surface area (Å²) < 4.78 is 6.26. The topological polar surface area (TPSA) is 157 Å². The van der Waals surface area contributed by atoms with Crippen LogP contribution in [-0.4, -0.2) is 79.9 Å². The molecule has 1 aliphatic heterocycles. The fourth-order valence-corrected chi connectivity index (χ4v) is 16.3. The third kappa shape index (κ3) is 5.71. The molecule has 8 aliphatic rings. The van der Waals surface area contributed by atoms with Crippen LogP contribution in [0.2, 0.25) is 0 Å². The molecule has 9 rings (SSSR count). The van der Waals surface area contributed by atoms with Crippen molar-refractivity contribution in [3.05, 3.63) is 46.5 Å². The zero-order valence-corrected chi connectivity index (χ0v) is 35.8. The highest BCUT2D eigenvalue weighted by Crippen LogP contribution is 2.77. The van der Waals surface area contributed by atoms with Crippen LogP contribution in [0.1, 0.15) is 134 Å². The quantitative estimate of drug-likeness (QED) is 0.0829. The molecule has 0 saturated heterocycles. The normalized spacial score (nSPS) is 47.0. The van der Waals surface area contributed by atoms with Crippen LogP contribution >= 0.6 is 0 Å². The highest BCUT2D eigenvalue weighted by atomic mass is 16.5. The molecular weight excluding hydrogens is 743 g/mol. The van der Waals surface area contributed by atoms with Crippen LogP contribution < -0.4 is 5.32 Å². The van der Waals surface area contributed by atoms with Gasteiger partial charge >= 0.3 is 5.97 Å². The van der Waals surface area contributed by atoms with Crippen molar-refractivity contribution in [2.45, 2.75) is 165 Å². The van der Waals surface area contributed by atoms with Gasteiger partial charge in [-0.05, 0) is 142 Å². The molecule has 6 saturated carbocycles. The summed E-state index contributed by atoms with van der Waals surface area (Å²) in [7, 11) is 1.93. The Morgan fingerprint density at radius 2 is 1.86 bits per heavy atom. The summed E-state index contributed by atoms with van der Waals surface area (Å²) in [6, 6.07) is 5.75. The lowest BCUT2D eigenvalue weighted by Gasteiger charge is -2.72. The van der Waals surface area contributed by atoms with Crippen molar-refractivity contribution >= 4 is 12.3 Å². The van der Waals surface area contributed by atoms with Crippen LogP contribution in [0.3, 0.4) is 0 Å². The largest absolute Gasteiger partial charge is 0.454 e. The van der Waals surface area contributed by atoms with Crippen molar-refractivity contribution in [3.8, 4) is 11.8 Å². The molecule has 322 valence electrons. The first kappa shape index (κ1) is 41.8. The number of aliphatic hydroxyl groups is 5. The number of fused-ring (bicyclic) bond motifs is 7. The maximum Gasteiger partial charge on any atom is 0.331 e. The first-order valence-corrected chi connectivity index (χ1v) is 23.4. The van der Waals surface area contributed by atoms with Crippen LogP contribution in [-0.2, 0) is 27.4 Å². The molecule has 4 bridgehead atoms. The molecule has 6 N–H and O–H groups in total. The van der Waals surface area contributed by atoms with Gasteiger partial charge in [0.2, 0.25) is 0 Å². The van der Waals surface area contributed by atoms with Gasteiger partial charge in [-0.15, -0.1) is 0 Å².